The van der Waals surface area contributed by atoms with Crippen molar-refractivity contribution in [3.8, 4) is 5.75 Å². The molecule has 94 valence electrons. The van der Waals surface area contributed by atoms with Gasteiger partial charge in [-0.25, -0.2) is 0 Å². The average Bonchev–Trinajstić information content (AvgIpc) is 2.52. The summed E-state index contributed by atoms with van der Waals surface area (Å²) in [6, 6.07) is 7.36. The molecule has 2 unspecified atom stereocenters. The Bertz CT molecular complexity index is 354. The zero-order valence-corrected chi connectivity index (χ0v) is 10.1. The first-order chi connectivity index (χ1) is 8.25. The molecule has 17 heavy (non-hydrogen) atoms. The van der Waals surface area contributed by atoms with Crippen molar-refractivity contribution in [3.05, 3.63) is 29.8 Å². The van der Waals surface area contributed by atoms with Crippen LogP contribution in [0.4, 0.5) is 0 Å². The van der Waals surface area contributed by atoms with Gasteiger partial charge in [0.25, 0.3) is 0 Å². The predicted octanol–water partition coefficient (Wildman–Crippen LogP) is 2.57. The predicted molar refractivity (Wildman–Crippen MR) is 67.7 cm³/mol. The minimum atomic E-state index is 0.162. The van der Waals surface area contributed by atoms with E-state index in [0.717, 1.165) is 18.4 Å². The fourth-order valence-corrected chi connectivity index (χ4v) is 2.36. The van der Waals surface area contributed by atoms with Gasteiger partial charge in [-0.1, -0.05) is 31.4 Å². The number of aromatic hydroxyl groups is 1. The van der Waals surface area contributed by atoms with E-state index in [2.05, 4.69) is 0 Å². The lowest BCUT2D eigenvalue weighted by Crippen LogP contribution is -2.35. The zero-order chi connectivity index (χ0) is 12.1. The van der Waals surface area contributed by atoms with Gasteiger partial charge in [-0.15, -0.1) is 0 Å². The Morgan fingerprint density at radius 2 is 2.06 bits per heavy atom. The first kappa shape index (κ1) is 12.4. The Kier molecular flexibility index (Phi) is 4.40. The summed E-state index contributed by atoms with van der Waals surface area (Å²) in [5.74, 6) is 0.288. The van der Waals surface area contributed by atoms with Crippen molar-refractivity contribution < 1.29 is 9.84 Å². The normalized spacial score (nSPS) is 25.5. The summed E-state index contributed by atoms with van der Waals surface area (Å²) in [5, 5.41) is 9.37. The van der Waals surface area contributed by atoms with E-state index in [9.17, 15) is 5.11 Å². The molecular weight excluding hydrogens is 214 g/mol. The Labute approximate surface area is 103 Å². The lowest BCUT2D eigenvalue weighted by atomic mass is 10.1. The largest absolute Gasteiger partial charge is 0.508 e. The minimum Gasteiger partial charge on any atom is -0.508 e. The molecule has 3 nitrogen and oxygen atoms in total. The highest BCUT2D eigenvalue weighted by molar-refractivity contribution is 5.26. The number of phenols is 1. The van der Waals surface area contributed by atoms with Gasteiger partial charge in [-0.3, -0.25) is 0 Å². The van der Waals surface area contributed by atoms with E-state index >= 15 is 0 Å². The molecule has 2 rings (SSSR count). The molecule has 2 atom stereocenters. The lowest BCUT2D eigenvalue weighted by molar-refractivity contribution is 0.0194. The first-order valence-electron chi connectivity index (χ1n) is 6.41. The summed E-state index contributed by atoms with van der Waals surface area (Å²) in [6.07, 6.45) is 5.97. The number of phenolic OH excluding ortho intramolecular Hbond substituents is 1. The Balaban J connectivity index is 1.88. The molecule has 0 aliphatic heterocycles. The highest BCUT2D eigenvalue weighted by Crippen LogP contribution is 2.21. The summed E-state index contributed by atoms with van der Waals surface area (Å²) in [6.45, 7) is 0.534. The number of ether oxygens (including phenoxy) is 1. The second-order valence-electron chi connectivity index (χ2n) is 4.82. The fourth-order valence-electron chi connectivity index (χ4n) is 2.36. The molecule has 0 spiro atoms. The molecule has 0 heterocycles. The van der Waals surface area contributed by atoms with Crippen LogP contribution in [0.1, 0.15) is 37.7 Å². The van der Waals surface area contributed by atoms with E-state index in [0.29, 0.717) is 6.61 Å². The Morgan fingerprint density at radius 3 is 2.88 bits per heavy atom. The third-order valence-corrected chi connectivity index (χ3v) is 3.38. The third-order valence-electron chi connectivity index (χ3n) is 3.38. The van der Waals surface area contributed by atoms with Crippen molar-refractivity contribution in [1.29, 1.82) is 0 Å². The van der Waals surface area contributed by atoms with E-state index in [1.807, 2.05) is 12.1 Å². The topological polar surface area (TPSA) is 55.5 Å². The zero-order valence-electron chi connectivity index (χ0n) is 10.1. The van der Waals surface area contributed by atoms with Crippen molar-refractivity contribution in [2.45, 2.75) is 50.9 Å². The van der Waals surface area contributed by atoms with Crippen LogP contribution in [0.3, 0.4) is 0 Å². The number of rotatable bonds is 3. The van der Waals surface area contributed by atoms with Crippen LogP contribution in [0.2, 0.25) is 0 Å². The maximum atomic E-state index is 9.37. The summed E-state index contributed by atoms with van der Waals surface area (Å²) >= 11 is 0. The van der Waals surface area contributed by atoms with Crippen molar-refractivity contribution in [3.63, 3.8) is 0 Å². The number of hydrogen-bond donors (Lipinski definition) is 2. The van der Waals surface area contributed by atoms with Crippen LogP contribution in [0.25, 0.3) is 0 Å². The van der Waals surface area contributed by atoms with E-state index < -0.39 is 0 Å². The second-order valence-corrected chi connectivity index (χ2v) is 4.82. The van der Waals surface area contributed by atoms with Gasteiger partial charge in [0.05, 0.1) is 12.7 Å². The summed E-state index contributed by atoms with van der Waals surface area (Å²) in [5.41, 5.74) is 7.10. The number of nitrogens with two attached hydrogens (primary N) is 1. The van der Waals surface area contributed by atoms with Crippen LogP contribution in [-0.2, 0) is 11.3 Å². The molecule has 1 aliphatic carbocycles. The third kappa shape index (κ3) is 3.72. The first-order valence-corrected chi connectivity index (χ1v) is 6.41. The summed E-state index contributed by atoms with van der Waals surface area (Å²) in [4.78, 5) is 0. The molecule has 0 radical (unpaired) electrons. The standard InChI is InChI=1S/C14H21NO2/c15-13-7-2-1-3-8-14(13)17-10-11-5-4-6-12(16)9-11/h4-6,9,13-14,16H,1-3,7-8,10,15H2. The van der Waals surface area contributed by atoms with Gasteiger partial charge in [0.1, 0.15) is 5.75 Å². The SMILES string of the molecule is NC1CCCCCC1OCc1cccc(O)c1. The van der Waals surface area contributed by atoms with Gasteiger partial charge in [-0.05, 0) is 30.5 Å². The molecule has 1 aromatic rings. The molecule has 3 heteroatoms. The van der Waals surface area contributed by atoms with Crippen LogP contribution in [0, 0.1) is 0 Å². The fraction of sp³-hybridized carbons (Fsp3) is 0.571. The summed E-state index contributed by atoms with van der Waals surface area (Å²) < 4.78 is 5.88. The molecule has 1 fully saturated rings. The quantitative estimate of drug-likeness (QED) is 0.792. The highest BCUT2D eigenvalue weighted by Gasteiger charge is 2.20. The van der Waals surface area contributed by atoms with Gasteiger partial charge < -0.3 is 15.6 Å². The monoisotopic (exact) mass is 235 g/mol. The van der Waals surface area contributed by atoms with Crippen LogP contribution in [0.15, 0.2) is 24.3 Å². The van der Waals surface area contributed by atoms with Crippen molar-refractivity contribution in [1.82, 2.24) is 0 Å². The maximum absolute atomic E-state index is 9.37. The molecule has 3 N–H and O–H groups in total. The van der Waals surface area contributed by atoms with Crippen molar-refractivity contribution >= 4 is 0 Å². The molecular formula is C14H21NO2. The van der Waals surface area contributed by atoms with Gasteiger partial charge >= 0.3 is 0 Å². The molecule has 1 aliphatic rings. The molecule has 0 amide bonds. The molecule has 1 saturated carbocycles. The van der Waals surface area contributed by atoms with Gasteiger partial charge in [0.15, 0.2) is 0 Å². The van der Waals surface area contributed by atoms with Gasteiger partial charge in [0.2, 0.25) is 0 Å². The van der Waals surface area contributed by atoms with Gasteiger partial charge in [0, 0.05) is 6.04 Å². The Morgan fingerprint density at radius 1 is 1.24 bits per heavy atom. The van der Waals surface area contributed by atoms with E-state index in [1.165, 1.54) is 19.3 Å². The smallest absolute Gasteiger partial charge is 0.115 e. The molecule has 1 aromatic carbocycles. The Hall–Kier alpha value is -1.06. The van der Waals surface area contributed by atoms with Gasteiger partial charge in [-0.2, -0.15) is 0 Å². The second kappa shape index (κ2) is 6.03. The van der Waals surface area contributed by atoms with Crippen molar-refractivity contribution in [2.75, 3.05) is 0 Å². The molecule has 0 aromatic heterocycles. The van der Waals surface area contributed by atoms with Crippen LogP contribution < -0.4 is 5.73 Å². The average molecular weight is 235 g/mol. The number of hydrogen-bond acceptors (Lipinski definition) is 3. The summed E-state index contributed by atoms with van der Waals surface area (Å²) in [7, 11) is 0. The highest BCUT2D eigenvalue weighted by atomic mass is 16.5. The minimum absolute atomic E-state index is 0.162. The van der Waals surface area contributed by atoms with Crippen molar-refractivity contribution in [2.24, 2.45) is 5.73 Å². The lowest BCUT2D eigenvalue weighted by Gasteiger charge is -2.21. The van der Waals surface area contributed by atoms with E-state index in [4.69, 9.17) is 10.5 Å². The van der Waals surface area contributed by atoms with Crippen LogP contribution >= 0.6 is 0 Å². The van der Waals surface area contributed by atoms with E-state index in [-0.39, 0.29) is 17.9 Å². The number of benzene rings is 1. The van der Waals surface area contributed by atoms with Crippen LogP contribution in [0.5, 0.6) is 5.75 Å². The maximum Gasteiger partial charge on any atom is 0.115 e. The van der Waals surface area contributed by atoms with Crippen LogP contribution in [-0.4, -0.2) is 17.3 Å². The van der Waals surface area contributed by atoms with E-state index in [1.54, 1.807) is 12.1 Å². The molecule has 0 saturated heterocycles. The molecule has 0 bridgehead atoms.